The van der Waals surface area contributed by atoms with E-state index in [4.69, 9.17) is 4.74 Å². The average molecular weight is 455 g/mol. The van der Waals surface area contributed by atoms with Crippen LogP contribution in [0, 0.1) is 6.92 Å². The second-order valence-electron chi connectivity index (χ2n) is 5.19. The first-order valence-electron chi connectivity index (χ1n) is 7.69. The third kappa shape index (κ3) is 10.9. The topological polar surface area (TPSA) is 61.8 Å². The normalized spacial score (nSPS) is 11.4. The van der Waals surface area contributed by atoms with Crippen LogP contribution in [0.25, 0.3) is 0 Å². The van der Waals surface area contributed by atoms with Gasteiger partial charge in [-0.3, -0.25) is 4.99 Å². The van der Waals surface area contributed by atoms with Crippen LogP contribution in [0.5, 0.6) is 0 Å². The minimum absolute atomic E-state index is 0. The van der Waals surface area contributed by atoms with Gasteiger partial charge in [-0.25, -0.2) is 4.98 Å². The van der Waals surface area contributed by atoms with Crippen molar-refractivity contribution < 1.29 is 4.74 Å². The fraction of sp³-hybridized carbons (Fsp3) is 0.733. The Hall–Kier alpha value is -0.450. The van der Waals surface area contributed by atoms with Gasteiger partial charge in [0.05, 0.1) is 11.6 Å². The lowest BCUT2D eigenvalue weighted by atomic mass is 10.4. The summed E-state index contributed by atoms with van der Waals surface area (Å²) in [7, 11) is 5.65. The maximum absolute atomic E-state index is 5.07. The summed E-state index contributed by atoms with van der Waals surface area (Å²) in [6, 6.07) is 0. The van der Waals surface area contributed by atoms with E-state index in [2.05, 4.69) is 39.5 Å². The standard InChI is InChI=1S/C15H29N5OS.HI/c1-13-12-19-14(22-13)6-8-18-15(16-2)17-7-5-9-20(3)10-11-21-4;/h12H,5-11H2,1-4H3,(H2,16,17,18);1H. The lowest BCUT2D eigenvalue weighted by Crippen LogP contribution is -2.39. The zero-order valence-corrected chi connectivity index (χ0v) is 17.7. The molecule has 0 amide bonds. The molecule has 134 valence electrons. The van der Waals surface area contributed by atoms with Gasteiger partial charge in [-0.15, -0.1) is 35.3 Å². The summed E-state index contributed by atoms with van der Waals surface area (Å²) in [5, 5.41) is 7.82. The fourth-order valence-corrected chi connectivity index (χ4v) is 2.73. The number of guanidine groups is 1. The summed E-state index contributed by atoms with van der Waals surface area (Å²) in [4.78, 5) is 12.1. The second kappa shape index (κ2) is 13.9. The highest BCUT2D eigenvalue weighted by Gasteiger charge is 2.01. The number of aliphatic imine (C=N–C) groups is 1. The van der Waals surface area contributed by atoms with Crippen LogP contribution < -0.4 is 10.6 Å². The van der Waals surface area contributed by atoms with Gasteiger partial charge >= 0.3 is 0 Å². The molecule has 2 N–H and O–H groups in total. The van der Waals surface area contributed by atoms with Gasteiger partial charge in [0.25, 0.3) is 0 Å². The number of nitrogens with zero attached hydrogens (tertiary/aromatic N) is 3. The molecule has 1 aromatic rings. The van der Waals surface area contributed by atoms with Crippen LogP contribution in [0.3, 0.4) is 0 Å². The van der Waals surface area contributed by atoms with Gasteiger partial charge in [-0.2, -0.15) is 0 Å². The molecular formula is C15H30IN5OS. The van der Waals surface area contributed by atoms with Crippen molar-refractivity contribution in [1.29, 1.82) is 0 Å². The Morgan fingerprint density at radius 3 is 2.70 bits per heavy atom. The lowest BCUT2D eigenvalue weighted by Gasteiger charge is -2.16. The van der Waals surface area contributed by atoms with E-state index in [1.165, 1.54) is 9.88 Å². The Morgan fingerprint density at radius 2 is 2.09 bits per heavy atom. The molecule has 6 nitrogen and oxygen atoms in total. The van der Waals surface area contributed by atoms with Crippen molar-refractivity contribution >= 4 is 41.3 Å². The minimum Gasteiger partial charge on any atom is -0.383 e. The Bertz CT molecular complexity index is 441. The predicted octanol–water partition coefficient (Wildman–Crippen LogP) is 1.75. The van der Waals surface area contributed by atoms with E-state index >= 15 is 0 Å². The monoisotopic (exact) mass is 455 g/mol. The van der Waals surface area contributed by atoms with E-state index in [9.17, 15) is 0 Å². The highest BCUT2D eigenvalue weighted by molar-refractivity contribution is 14.0. The molecule has 1 aromatic heterocycles. The number of halogens is 1. The molecule has 1 heterocycles. The third-order valence-corrected chi connectivity index (χ3v) is 4.18. The fourth-order valence-electron chi connectivity index (χ4n) is 1.94. The van der Waals surface area contributed by atoms with Crippen LogP contribution in [-0.4, -0.2) is 69.8 Å². The SMILES string of the molecule is CN=C(NCCCN(C)CCOC)NCCc1ncc(C)s1.I. The van der Waals surface area contributed by atoms with Crippen molar-refractivity contribution in [3.8, 4) is 0 Å². The molecule has 0 unspecified atom stereocenters. The maximum atomic E-state index is 5.07. The van der Waals surface area contributed by atoms with E-state index in [-0.39, 0.29) is 24.0 Å². The summed E-state index contributed by atoms with van der Waals surface area (Å²) in [6.45, 7) is 6.64. The molecular weight excluding hydrogens is 425 g/mol. The van der Waals surface area contributed by atoms with Crippen LogP contribution in [0.15, 0.2) is 11.2 Å². The number of ether oxygens (including phenoxy) is 1. The molecule has 0 saturated heterocycles. The Kier molecular flexibility index (Phi) is 13.7. The van der Waals surface area contributed by atoms with Crippen LogP contribution >= 0.6 is 35.3 Å². The number of likely N-dealkylation sites (N-methyl/N-ethyl adjacent to an activating group) is 1. The highest BCUT2D eigenvalue weighted by Crippen LogP contribution is 2.10. The summed E-state index contributed by atoms with van der Waals surface area (Å²) in [6.07, 6.45) is 3.93. The number of nitrogens with one attached hydrogen (secondary N) is 2. The summed E-state index contributed by atoms with van der Waals surface area (Å²) in [5.41, 5.74) is 0. The average Bonchev–Trinajstić information content (AvgIpc) is 2.93. The summed E-state index contributed by atoms with van der Waals surface area (Å²) < 4.78 is 5.07. The number of methoxy groups -OCH3 is 1. The van der Waals surface area contributed by atoms with Crippen LogP contribution in [0.2, 0.25) is 0 Å². The first-order valence-corrected chi connectivity index (χ1v) is 8.50. The Morgan fingerprint density at radius 1 is 1.35 bits per heavy atom. The van der Waals surface area contributed by atoms with E-state index in [1.807, 2.05) is 6.20 Å². The van der Waals surface area contributed by atoms with Gasteiger partial charge in [-0.1, -0.05) is 0 Å². The molecule has 0 aliphatic carbocycles. The smallest absolute Gasteiger partial charge is 0.190 e. The molecule has 0 saturated carbocycles. The van der Waals surface area contributed by atoms with E-state index in [1.54, 1.807) is 25.5 Å². The molecule has 0 spiro atoms. The van der Waals surface area contributed by atoms with Crippen LogP contribution in [0.4, 0.5) is 0 Å². The molecule has 0 fully saturated rings. The van der Waals surface area contributed by atoms with E-state index < -0.39 is 0 Å². The molecule has 0 aliphatic rings. The molecule has 8 heteroatoms. The van der Waals surface area contributed by atoms with Crippen molar-refractivity contribution in [3.05, 3.63) is 16.1 Å². The van der Waals surface area contributed by atoms with Gasteiger partial charge in [0.2, 0.25) is 0 Å². The van der Waals surface area contributed by atoms with Crippen molar-refractivity contribution in [3.63, 3.8) is 0 Å². The quantitative estimate of drug-likeness (QED) is 0.244. The van der Waals surface area contributed by atoms with Gasteiger partial charge in [-0.05, 0) is 26.9 Å². The highest BCUT2D eigenvalue weighted by atomic mass is 127. The number of thiazole rings is 1. The molecule has 1 rings (SSSR count). The zero-order chi connectivity index (χ0) is 16.2. The molecule has 0 aromatic carbocycles. The van der Waals surface area contributed by atoms with Crippen molar-refractivity contribution in [2.24, 2.45) is 4.99 Å². The molecule has 0 bridgehead atoms. The number of aryl methyl sites for hydroxylation is 1. The van der Waals surface area contributed by atoms with E-state index in [0.29, 0.717) is 0 Å². The third-order valence-electron chi connectivity index (χ3n) is 3.21. The van der Waals surface area contributed by atoms with Gasteiger partial charge < -0.3 is 20.3 Å². The summed E-state index contributed by atoms with van der Waals surface area (Å²) >= 11 is 1.75. The van der Waals surface area contributed by atoms with Crippen molar-refractivity contribution in [2.75, 3.05) is 54.0 Å². The first-order chi connectivity index (χ1) is 10.7. The number of hydrogen-bond acceptors (Lipinski definition) is 5. The Labute approximate surface area is 161 Å². The van der Waals surface area contributed by atoms with Crippen molar-refractivity contribution in [1.82, 2.24) is 20.5 Å². The first kappa shape index (κ1) is 22.6. The van der Waals surface area contributed by atoms with Gasteiger partial charge in [0.15, 0.2) is 5.96 Å². The van der Waals surface area contributed by atoms with Crippen LogP contribution in [-0.2, 0) is 11.2 Å². The predicted molar refractivity (Wildman–Crippen MR) is 109 cm³/mol. The number of aromatic nitrogens is 1. The largest absolute Gasteiger partial charge is 0.383 e. The number of rotatable bonds is 10. The number of hydrogen-bond donors (Lipinski definition) is 2. The summed E-state index contributed by atoms with van der Waals surface area (Å²) in [5.74, 6) is 0.854. The molecule has 23 heavy (non-hydrogen) atoms. The van der Waals surface area contributed by atoms with Gasteiger partial charge in [0.1, 0.15) is 0 Å². The van der Waals surface area contributed by atoms with E-state index in [0.717, 1.165) is 51.6 Å². The molecule has 0 aliphatic heterocycles. The molecule has 0 radical (unpaired) electrons. The molecule has 0 atom stereocenters. The second-order valence-corrected chi connectivity index (χ2v) is 6.51. The van der Waals surface area contributed by atoms with Crippen LogP contribution in [0.1, 0.15) is 16.3 Å². The zero-order valence-electron chi connectivity index (χ0n) is 14.6. The maximum Gasteiger partial charge on any atom is 0.190 e. The lowest BCUT2D eigenvalue weighted by molar-refractivity contribution is 0.161. The minimum atomic E-state index is 0. The Balaban J connectivity index is 0.00000484. The van der Waals surface area contributed by atoms with Gasteiger partial charge in [0, 0.05) is 51.3 Å². The van der Waals surface area contributed by atoms with Crippen molar-refractivity contribution in [2.45, 2.75) is 19.8 Å².